The molecule has 2 rings (SSSR count). The van der Waals surface area contributed by atoms with E-state index in [1.165, 1.54) is 18.4 Å². The lowest BCUT2D eigenvalue weighted by Crippen LogP contribution is -1.93. The Hall–Kier alpha value is -0.780. The zero-order valence-corrected chi connectivity index (χ0v) is 6.09. The molecule has 0 aromatic carbocycles. The smallest absolute Gasteiger partial charge is 0.00166 e. The lowest BCUT2D eigenvalue weighted by atomic mass is 10.0. The van der Waals surface area contributed by atoms with Crippen LogP contribution in [0.2, 0.25) is 0 Å². The molecule has 2 unspecified atom stereocenters. The van der Waals surface area contributed by atoms with Crippen LogP contribution in [0.15, 0.2) is 36.5 Å². The topological polar surface area (TPSA) is 0 Å². The van der Waals surface area contributed by atoms with Crippen LogP contribution in [0.3, 0.4) is 0 Å². The maximum atomic E-state index is 4.10. The first-order valence-electron chi connectivity index (χ1n) is 3.91. The maximum Gasteiger partial charge on any atom is -0.00166 e. The molecule has 2 atom stereocenters. The molecule has 0 saturated heterocycles. The van der Waals surface area contributed by atoms with E-state index in [4.69, 9.17) is 0 Å². The fraction of sp³-hybridized carbons (Fsp3) is 0.400. The first-order chi connectivity index (χ1) is 4.88. The van der Waals surface area contributed by atoms with Gasteiger partial charge in [0.1, 0.15) is 0 Å². The molecule has 0 spiro atoms. The Kier molecular flexibility index (Phi) is 1.26. The van der Waals surface area contributed by atoms with E-state index in [2.05, 4.69) is 30.9 Å². The van der Waals surface area contributed by atoms with Gasteiger partial charge in [0.15, 0.2) is 0 Å². The highest BCUT2D eigenvalue weighted by Gasteiger charge is 2.25. The average Bonchev–Trinajstić information content (AvgIpc) is 2.06. The second-order valence-corrected chi connectivity index (χ2v) is 3.14. The van der Waals surface area contributed by atoms with E-state index < -0.39 is 0 Å². The summed E-state index contributed by atoms with van der Waals surface area (Å²) in [6.45, 7) is 4.10. The quantitative estimate of drug-likeness (QED) is 0.444. The van der Waals surface area contributed by atoms with Gasteiger partial charge in [0.2, 0.25) is 0 Å². The van der Waals surface area contributed by atoms with E-state index in [0.717, 1.165) is 0 Å². The fourth-order valence-electron chi connectivity index (χ4n) is 1.84. The molecule has 2 bridgehead atoms. The van der Waals surface area contributed by atoms with Gasteiger partial charge in [-0.2, -0.15) is 0 Å². The average molecular weight is 132 g/mol. The summed E-state index contributed by atoms with van der Waals surface area (Å²) in [5.74, 6) is 1.36. The third-order valence-electron chi connectivity index (χ3n) is 2.54. The molecule has 0 N–H and O–H groups in total. The number of hydrogen-bond acceptors (Lipinski definition) is 0. The van der Waals surface area contributed by atoms with Gasteiger partial charge in [-0.25, -0.2) is 0 Å². The van der Waals surface area contributed by atoms with Crippen LogP contribution in [0.1, 0.15) is 12.8 Å². The van der Waals surface area contributed by atoms with Gasteiger partial charge in [-0.1, -0.05) is 36.5 Å². The molecule has 0 aromatic heterocycles. The van der Waals surface area contributed by atoms with Crippen LogP contribution in [0.5, 0.6) is 0 Å². The van der Waals surface area contributed by atoms with Crippen molar-refractivity contribution in [1.82, 2.24) is 0 Å². The van der Waals surface area contributed by atoms with Crippen molar-refractivity contribution in [2.45, 2.75) is 12.8 Å². The monoisotopic (exact) mass is 132 g/mol. The van der Waals surface area contributed by atoms with Crippen molar-refractivity contribution in [2.75, 3.05) is 0 Å². The van der Waals surface area contributed by atoms with Crippen LogP contribution >= 0.6 is 0 Å². The minimum Gasteiger partial charge on any atom is -0.0987 e. The summed E-state index contributed by atoms with van der Waals surface area (Å²) in [6, 6.07) is 0. The van der Waals surface area contributed by atoms with E-state index in [-0.39, 0.29) is 0 Å². The van der Waals surface area contributed by atoms with Crippen LogP contribution in [0.25, 0.3) is 0 Å². The van der Waals surface area contributed by atoms with Crippen molar-refractivity contribution >= 4 is 0 Å². The largest absolute Gasteiger partial charge is 0.0987 e. The van der Waals surface area contributed by atoms with Crippen molar-refractivity contribution in [3.05, 3.63) is 36.5 Å². The molecule has 0 aromatic rings. The number of allylic oxidation sites excluding steroid dienone is 5. The van der Waals surface area contributed by atoms with Gasteiger partial charge in [-0.15, -0.1) is 0 Å². The summed E-state index contributed by atoms with van der Waals surface area (Å²) < 4.78 is 0. The predicted molar refractivity (Wildman–Crippen MR) is 43.6 cm³/mol. The van der Waals surface area contributed by atoms with Crippen molar-refractivity contribution in [3.63, 3.8) is 0 Å². The van der Waals surface area contributed by atoms with Gasteiger partial charge in [0, 0.05) is 0 Å². The number of hydrogen-bond donors (Lipinski definition) is 0. The summed E-state index contributed by atoms with van der Waals surface area (Å²) in [5.41, 5.74) is 1.42. The third-order valence-corrected chi connectivity index (χ3v) is 2.54. The lowest BCUT2D eigenvalue weighted by molar-refractivity contribution is 0.734. The minimum atomic E-state index is 0.681. The Morgan fingerprint density at radius 1 is 1.10 bits per heavy atom. The number of fused-ring (bicyclic) bond motifs is 2. The lowest BCUT2D eigenvalue weighted by Gasteiger charge is -2.05. The summed E-state index contributed by atoms with van der Waals surface area (Å²) in [6.07, 6.45) is 11.5. The van der Waals surface area contributed by atoms with E-state index in [1.807, 2.05) is 0 Å². The van der Waals surface area contributed by atoms with Gasteiger partial charge < -0.3 is 0 Å². The van der Waals surface area contributed by atoms with E-state index in [1.54, 1.807) is 0 Å². The molecule has 1 fully saturated rings. The maximum absolute atomic E-state index is 4.10. The van der Waals surface area contributed by atoms with Crippen LogP contribution in [-0.4, -0.2) is 0 Å². The second-order valence-electron chi connectivity index (χ2n) is 3.14. The SMILES string of the molecule is C=C1C2C=CC=CC1CC2. The number of rotatable bonds is 0. The van der Waals surface area contributed by atoms with Crippen molar-refractivity contribution in [1.29, 1.82) is 0 Å². The van der Waals surface area contributed by atoms with Gasteiger partial charge in [-0.05, 0) is 24.7 Å². The van der Waals surface area contributed by atoms with Crippen LogP contribution < -0.4 is 0 Å². The Morgan fingerprint density at radius 3 is 2.10 bits per heavy atom. The Balaban J connectivity index is 2.34. The van der Waals surface area contributed by atoms with Crippen LogP contribution in [-0.2, 0) is 0 Å². The van der Waals surface area contributed by atoms with E-state index in [9.17, 15) is 0 Å². The third kappa shape index (κ3) is 0.756. The predicted octanol–water partition coefficient (Wildman–Crippen LogP) is 2.69. The van der Waals surface area contributed by atoms with Gasteiger partial charge in [0.05, 0.1) is 0 Å². The van der Waals surface area contributed by atoms with Crippen molar-refractivity contribution in [2.24, 2.45) is 11.8 Å². The molecule has 0 amide bonds. The molecule has 0 nitrogen and oxygen atoms in total. The fourth-order valence-corrected chi connectivity index (χ4v) is 1.84. The summed E-state index contributed by atoms with van der Waals surface area (Å²) >= 11 is 0. The molecule has 10 heavy (non-hydrogen) atoms. The Labute approximate surface area is 61.9 Å². The first-order valence-corrected chi connectivity index (χ1v) is 3.91. The molecule has 2 aliphatic carbocycles. The summed E-state index contributed by atoms with van der Waals surface area (Å²) in [4.78, 5) is 0. The molecule has 2 aliphatic rings. The zero-order valence-electron chi connectivity index (χ0n) is 6.09. The van der Waals surface area contributed by atoms with Crippen molar-refractivity contribution < 1.29 is 0 Å². The highest BCUT2D eigenvalue weighted by Crippen LogP contribution is 2.38. The minimum absolute atomic E-state index is 0.681. The highest BCUT2D eigenvalue weighted by molar-refractivity contribution is 5.28. The summed E-state index contributed by atoms with van der Waals surface area (Å²) in [5, 5.41) is 0. The standard InChI is InChI=1S/C10H12/c1-8-9-4-2-3-5-10(8)7-6-9/h2-5,9-10H,1,6-7H2. The second kappa shape index (κ2) is 2.12. The molecule has 52 valence electrons. The highest BCUT2D eigenvalue weighted by atomic mass is 14.3. The van der Waals surface area contributed by atoms with Crippen LogP contribution in [0.4, 0.5) is 0 Å². The van der Waals surface area contributed by atoms with E-state index >= 15 is 0 Å². The first kappa shape index (κ1) is 5.96. The molecular weight excluding hydrogens is 120 g/mol. The molecule has 0 aliphatic heterocycles. The van der Waals surface area contributed by atoms with Crippen LogP contribution in [0, 0.1) is 11.8 Å². The zero-order chi connectivity index (χ0) is 6.97. The molecule has 0 radical (unpaired) electrons. The molecular formula is C10H12. The van der Waals surface area contributed by atoms with Gasteiger partial charge in [0.25, 0.3) is 0 Å². The molecule has 0 heteroatoms. The summed E-state index contributed by atoms with van der Waals surface area (Å²) in [7, 11) is 0. The normalized spacial score (nSPS) is 36.6. The Morgan fingerprint density at radius 2 is 1.60 bits per heavy atom. The molecule has 0 heterocycles. The van der Waals surface area contributed by atoms with Crippen molar-refractivity contribution in [3.8, 4) is 0 Å². The van der Waals surface area contributed by atoms with Gasteiger partial charge >= 0.3 is 0 Å². The van der Waals surface area contributed by atoms with E-state index in [0.29, 0.717) is 11.8 Å². The molecule has 1 saturated carbocycles. The Bertz CT molecular complexity index is 186. The van der Waals surface area contributed by atoms with Gasteiger partial charge in [-0.3, -0.25) is 0 Å².